The molecule has 0 radical (unpaired) electrons. The number of ether oxygens (including phenoxy) is 1. The van der Waals surface area contributed by atoms with Crippen molar-refractivity contribution in [3.63, 3.8) is 0 Å². The Hall–Kier alpha value is -3.85. The van der Waals surface area contributed by atoms with Gasteiger partial charge in [0, 0.05) is 12.6 Å². The third-order valence-electron chi connectivity index (χ3n) is 6.54. The molecule has 1 N–H and O–H groups in total. The van der Waals surface area contributed by atoms with Crippen molar-refractivity contribution in [1.82, 2.24) is 10.2 Å². The lowest BCUT2D eigenvalue weighted by molar-refractivity contribution is -0.139. The van der Waals surface area contributed by atoms with E-state index in [9.17, 15) is 18.0 Å². The van der Waals surface area contributed by atoms with E-state index in [1.54, 1.807) is 62.6 Å². The lowest BCUT2D eigenvalue weighted by Crippen LogP contribution is -2.52. The third-order valence-corrected chi connectivity index (χ3v) is 8.33. The van der Waals surface area contributed by atoms with Crippen molar-refractivity contribution in [2.75, 3.05) is 18.0 Å². The molecule has 40 heavy (non-hydrogen) atoms. The number of carbonyl (C=O) groups excluding carboxylic acids is 2. The molecule has 0 heterocycles. The van der Waals surface area contributed by atoms with Crippen LogP contribution in [0.25, 0.3) is 0 Å². The molecule has 0 aliphatic heterocycles. The number of benzene rings is 3. The van der Waals surface area contributed by atoms with Gasteiger partial charge in [-0.05, 0) is 74.2 Å². The van der Waals surface area contributed by atoms with Gasteiger partial charge in [0.05, 0.1) is 17.7 Å². The summed E-state index contributed by atoms with van der Waals surface area (Å²) in [6.07, 6.45) is 0. The van der Waals surface area contributed by atoms with Gasteiger partial charge in [0.2, 0.25) is 11.8 Å². The lowest BCUT2D eigenvalue weighted by atomic mass is 10.0. The van der Waals surface area contributed by atoms with E-state index in [1.807, 2.05) is 32.0 Å². The van der Waals surface area contributed by atoms with E-state index in [2.05, 4.69) is 19.2 Å². The van der Waals surface area contributed by atoms with Crippen LogP contribution in [0.1, 0.15) is 51.7 Å². The van der Waals surface area contributed by atoms with Gasteiger partial charge >= 0.3 is 0 Å². The van der Waals surface area contributed by atoms with Gasteiger partial charge in [-0.3, -0.25) is 13.9 Å². The Morgan fingerprint density at radius 1 is 0.875 bits per heavy atom. The summed E-state index contributed by atoms with van der Waals surface area (Å²) in [7, 11) is -2.55. The van der Waals surface area contributed by atoms with Crippen molar-refractivity contribution in [2.45, 2.75) is 64.1 Å². The maximum atomic E-state index is 14.0. The smallest absolute Gasteiger partial charge is 0.264 e. The van der Waals surface area contributed by atoms with E-state index >= 15 is 0 Å². The number of amides is 2. The van der Waals surface area contributed by atoms with E-state index in [4.69, 9.17) is 4.74 Å². The first-order valence-electron chi connectivity index (χ1n) is 13.3. The minimum atomic E-state index is -4.10. The van der Waals surface area contributed by atoms with Crippen LogP contribution in [0.15, 0.2) is 83.8 Å². The summed E-state index contributed by atoms with van der Waals surface area (Å²) in [5.41, 5.74) is 2.16. The molecule has 8 nitrogen and oxygen atoms in total. The third kappa shape index (κ3) is 7.63. The molecular formula is C31H39N3O5S. The van der Waals surface area contributed by atoms with E-state index in [0.717, 1.165) is 15.4 Å². The molecule has 1 atom stereocenters. The molecule has 0 spiro atoms. The van der Waals surface area contributed by atoms with Gasteiger partial charge in [-0.15, -0.1) is 0 Å². The highest BCUT2D eigenvalue weighted by molar-refractivity contribution is 7.92. The molecule has 3 aromatic carbocycles. The predicted octanol–water partition coefficient (Wildman–Crippen LogP) is 4.96. The SMILES string of the molecule is COc1cccc(CN(C(=O)CN(c2ccc(C(C)C)cc2)S(=O)(=O)c2ccccc2)[C@@H](C)C(=O)NC(C)C)c1. The molecule has 0 bridgehead atoms. The van der Waals surface area contributed by atoms with Gasteiger partial charge in [-0.25, -0.2) is 8.42 Å². The number of nitrogens with one attached hydrogen (secondary N) is 1. The normalized spacial score (nSPS) is 12.2. The van der Waals surface area contributed by atoms with Crippen LogP contribution in [0, 0.1) is 0 Å². The molecule has 214 valence electrons. The van der Waals surface area contributed by atoms with Gasteiger partial charge in [-0.1, -0.05) is 56.3 Å². The zero-order valence-electron chi connectivity index (χ0n) is 24.0. The molecule has 0 saturated carbocycles. The standard InChI is InChI=1S/C31H39N3O5S/c1-22(2)26-15-17-27(18-16-26)34(40(37,38)29-13-8-7-9-14-29)21-30(35)33(24(5)31(36)32-23(3)4)20-25-11-10-12-28(19-25)39-6/h7-19,22-24H,20-21H2,1-6H3,(H,32,36)/t24-/m0/s1. The van der Waals surface area contributed by atoms with Crippen LogP contribution in [-0.2, 0) is 26.2 Å². The minimum Gasteiger partial charge on any atom is -0.497 e. The Morgan fingerprint density at radius 3 is 2.10 bits per heavy atom. The highest BCUT2D eigenvalue weighted by atomic mass is 32.2. The van der Waals surface area contributed by atoms with Crippen molar-refractivity contribution in [1.29, 1.82) is 0 Å². The molecule has 0 aliphatic rings. The predicted molar refractivity (Wildman–Crippen MR) is 158 cm³/mol. The van der Waals surface area contributed by atoms with Crippen molar-refractivity contribution >= 4 is 27.5 Å². The first kappa shape index (κ1) is 30.7. The number of carbonyl (C=O) groups is 2. The van der Waals surface area contributed by atoms with Crippen molar-refractivity contribution in [2.24, 2.45) is 0 Å². The highest BCUT2D eigenvalue weighted by Crippen LogP contribution is 2.27. The maximum Gasteiger partial charge on any atom is 0.264 e. The number of hydrogen-bond donors (Lipinski definition) is 1. The quantitative estimate of drug-likeness (QED) is 0.335. The number of methoxy groups -OCH3 is 1. The van der Waals surface area contributed by atoms with Crippen LogP contribution in [0.3, 0.4) is 0 Å². The topological polar surface area (TPSA) is 96.0 Å². The van der Waals surface area contributed by atoms with Crippen LogP contribution in [0.4, 0.5) is 5.69 Å². The molecule has 0 aromatic heterocycles. The number of anilines is 1. The van der Waals surface area contributed by atoms with E-state index < -0.39 is 28.5 Å². The first-order valence-corrected chi connectivity index (χ1v) is 14.8. The van der Waals surface area contributed by atoms with Crippen molar-refractivity contribution < 1.29 is 22.7 Å². The summed E-state index contributed by atoms with van der Waals surface area (Å²) in [6.45, 7) is 9.04. The number of hydrogen-bond acceptors (Lipinski definition) is 5. The largest absolute Gasteiger partial charge is 0.497 e. The van der Waals surface area contributed by atoms with Gasteiger partial charge in [0.25, 0.3) is 10.0 Å². The van der Waals surface area contributed by atoms with Crippen LogP contribution < -0.4 is 14.4 Å². The van der Waals surface area contributed by atoms with E-state index in [0.29, 0.717) is 11.4 Å². The number of sulfonamides is 1. The van der Waals surface area contributed by atoms with Crippen LogP contribution in [-0.4, -0.2) is 50.9 Å². The van der Waals surface area contributed by atoms with Crippen LogP contribution >= 0.6 is 0 Å². The average Bonchev–Trinajstić information content (AvgIpc) is 2.94. The summed E-state index contributed by atoms with van der Waals surface area (Å²) in [5, 5.41) is 2.85. The summed E-state index contributed by atoms with van der Waals surface area (Å²) in [5.74, 6) is 0.0305. The van der Waals surface area contributed by atoms with Crippen LogP contribution in [0.2, 0.25) is 0 Å². The fourth-order valence-corrected chi connectivity index (χ4v) is 5.66. The summed E-state index contributed by atoms with van der Waals surface area (Å²) in [6, 6.07) is 21.4. The Kier molecular flexibility index (Phi) is 10.3. The molecule has 2 amide bonds. The molecule has 0 aliphatic carbocycles. The second kappa shape index (κ2) is 13.5. The highest BCUT2D eigenvalue weighted by Gasteiger charge is 2.32. The summed E-state index contributed by atoms with van der Waals surface area (Å²) in [4.78, 5) is 28.5. The van der Waals surface area contributed by atoms with E-state index in [1.165, 1.54) is 17.0 Å². The molecule has 3 rings (SSSR count). The van der Waals surface area contributed by atoms with Crippen molar-refractivity contribution in [3.8, 4) is 5.75 Å². The van der Waals surface area contributed by atoms with Gasteiger partial charge in [0.15, 0.2) is 0 Å². The summed E-state index contributed by atoms with van der Waals surface area (Å²) < 4.78 is 34.2. The maximum absolute atomic E-state index is 14.0. The number of nitrogens with zero attached hydrogens (tertiary/aromatic N) is 2. The first-order chi connectivity index (χ1) is 18.9. The monoisotopic (exact) mass is 565 g/mol. The minimum absolute atomic E-state index is 0.0701. The van der Waals surface area contributed by atoms with Gasteiger partial charge < -0.3 is 15.0 Å². The molecule has 3 aromatic rings. The Morgan fingerprint density at radius 2 is 1.52 bits per heavy atom. The summed E-state index contributed by atoms with van der Waals surface area (Å²) >= 11 is 0. The average molecular weight is 566 g/mol. The van der Waals surface area contributed by atoms with E-state index in [-0.39, 0.29) is 29.3 Å². The van der Waals surface area contributed by atoms with Gasteiger partial charge in [0.1, 0.15) is 18.3 Å². The second-order valence-electron chi connectivity index (χ2n) is 10.3. The molecule has 0 fully saturated rings. The van der Waals surface area contributed by atoms with Gasteiger partial charge in [-0.2, -0.15) is 0 Å². The van der Waals surface area contributed by atoms with Crippen molar-refractivity contribution in [3.05, 3.63) is 90.0 Å². The second-order valence-corrected chi connectivity index (χ2v) is 12.1. The Bertz CT molecular complexity index is 1390. The molecule has 0 saturated heterocycles. The fraction of sp³-hybridized carbons (Fsp3) is 0.355. The number of rotatable bonds is 12. The Labute approximate surface area is 238 Å². The fourth-order valence-electron chi connectivity index (χ4n) is 4.23. The van der Waals surface area contributed by atoms with Crippen LogP contribution in [0.5, 0.6) is 5.75 Å². The zero-order chi connectivity index (χ0) is 29.4. The lowest BCUT2D eigenvalue weighted by Gasteiger charge is -2.32. The molecule has 9 heteroatoms. The zero-order valence-corrected chi connectivity index (χ0v) is 24.8. The Balaban J connectivity index is 2.04. The molecular weight excluding hydrogens is 526 g/mol. The molecule has 0 unspecified atom stereocenters.